The highest BCUT2D eigenvalue weighted by atomic mass is 16.3. The van der Waals surface area contributed by atoms with Crippen molar-refractivity contribution in [3.8, 4) is 6.07 Å². The highest BCUT2D eigenvalue weighted by Crippen LogP contribution is 2.75. The number of rotatable bonds is 4. The third-order valence-corrected chi connectivity index (χ3v) is 14.0. The molecule has 5 aliphatic carbocycles. The summed E-state index contributed by atoms with van der Waals surface area (Å²) in [4.78, 5) is 53.7. The van der Waals surface area contributed by atoms with Gasteiger partial charge in [0.2, 0.25) is 5.91 Å². The molecule has 0 aromatic carbocycles. The molecule has 47 heavy (non-hydrogen) atoms. The summed E-state index contributed by atoms with van der Waals surface area (Å²) in [6, 6.07) is 3.72. The Morgan fingerprint density at radius 3 is 2.36 bits per heavy atom. The minimum absolute atomic E-state index is 0.0817. The molecule has 3 fully saturated rings. The number of nitriles is 1. The third-order valence-electron chi connectivity index (χ3n) is 14.0. The van der Waals surface area contributed by atoms with Gasteiger partial charge in [-0.3, -0.25) is 23.9 Å². The second-order valence-corrected chi connectivity index (χ2v) is 17.0. The molecular weight excluding hydrogens is 594 g/mol. The standard InChI is InChI=1S/C37H49N5O5/c1-31(2)24-9-11-35(6)25(34(24,5)18-22(20-38)29(31)45)17-27(43)37(47)26-19-33(4,14-12-32(26,3)13-15-36(35,37)7)40-28(44)21-39-30(46)23-10-16-42(8)41-23/h10,16-18,24,26,47H,9,11-15,19,21H2,1-8H3,(H,39,46)(H,40,44)/t24-,26+,32-,33-,34-,35+,36-,37+/m0/s1. The van der Waals surface area contributed by atoms with E-state index in [9.17, 15) is 29.5 Å². The van der Waals surface area contributed by atoms with Crippen LogP contribution in [0.15, 0.2) is 35.6 Å². The van der Waals surface area contributed by atoms with Crippen LogP contribution in [0.4, 0.5) is 0 Å². The van der Waals surface area contributed by atoms with Gasteiger partial charge in [0.1, 0.15) is 17.4 Å². The molecule has 8 atom stereocenters. The molecule has 5 aliphatic rings. The van der Waals surface area contributed by atoms with E-state index in [1.807, 2.05) is 26.8 Å². The van der Waals surface area contributed by atoms with Gasteiger partial charge >= 0.3 is 0 Å². The van der Waals surface area contributed by atoms with E-state index < -0.39 is 44.6 Å². The lowest BCUT2D eigenvalue weighted by molar-refractivity contribution is -0.240. The first-order valence-electron chi connectivity index (χ1n) is 17.0. The first-order chi connectivity index (χ1) is 21.7. The fraction of sp³-hybridized carbons (Fsp3) is 0.676. The van der Waals surface area contributed by atoms with Crippen LogP contribution in [0.3, 0.4) is 0 Å². The lowest BCUT2D eigenvalue weighted by Crippen LogP contribution is -2.74. The molecule has 0 bridgehead atoms. The number of carbonyl (C=O) groups is 4. The Kier molecular flexibility index (Phi) is 7.24. The third kappa shape index (κ3) is 4.41. The molecule has 252 valence electrons. The molecule has 0 radical (unpaired) electrons. The van der Waals surface area contributed by atoms with Crippen LogP contribution >= 0.6 is 0 Å². The van der Waals surface area contributed by atoms with Crippen LogP contribution in [0.5, 0.6) is 0 Å². The Balaban J connectivity index is 1.33. The summed E-state index contributed by atoms with van der Waals surface area (Å²) in [7, 11) is 1.71. The molecule has 0 aliphatic heterocycles. The van der Waals surface area contributed by atoms with Crippen molar-refractivity contribution in [2.75, 3.05) is 6.54 Å². The van der Waals surface area contributed by atoms with Crippen molar-refractivity contribution < 1.29 is 24.3 Å². The van der Waals surface area contributed by atoms with Gasteiger partial charge in [0.15, 0.2) is 11.6 Å². The molecule has 2 amide bonds. The maximum absolute atomic E-state index is 14.7. The lowest BCUT2D eigenvalue weighted by Gasteiger charge is -2.71. The van der Waals surface area contributed by atoms with Crippen molar-refractivity contribution in [1.29, 1.82) is 5.26 Å². The average Bonchev–Trinajstić information content (AvgIpc) is 3.44. The number of carbonyl (C=O) groups excluding carboxylic acids is 4. The van der Waals surface area contributed by atoms with Gasteiger partial charge in [0.25, 0.3) is 5.91 Å². The first-order valence-corrected chi connectivity index (χ1v) is 17.0. The van der Waals surface area contributed by atoms with Gasteiger partial charge in [-0.1, -0.05) is 47.6 Å². The number of nitrogens with zero attached hydrogens (tertiary/aromatic N) is 3. The van der Waals surface area contributed by atoms with Crippen LogP contribution < -0.4 is 10.6 Å². The zero-order valence-corrected chi connectivity index (χ0v) is 29.0. The number of fused-ring (bicyclic) bond motifs is 7. The predicted molar refractivity (Wildman–Crippen MR) is 174 cm³/mol. The summed E-state index contributed by atoms with van der Waals surface area (Å²) >= 11 is 0. The number of hydrogen-bond donors (Lipinski definition) is 3. The molecule has 6 rings (SSSR count). The monoisotopic (exact) mass is 643 g/mol. The smallest absolute Gasteiger partial charge is 0.272 e. The Morgan fingerprint density at radius 2 is 1.72 bits per heavy atom. The topological polar surface area (TPSA) is 154 Å². The highest BCUT2D eigenvalue weighted by molar-refractivity contribution is 6.05. The second kappa shape index (κ2) is 10.2. The SMILES string of the molecule is Cn1ccc(C(=O)NCC(=O)N[C@@]2(C)CC[C@@]3(C)CC[C@@]4(C)[C@]5(C)CC[C@H]6C(C)(C)C(=O)C(C#N)=C[C@]6(C)C5=CC(=O)[C@]4(O)[C@@H]3C2)n1. The van der Waals surface area contributed by atoms with E-state index in [2.05, 4.69) is 49.5 Å². The number of ketones is 2. The Labute approximate surface area is 277 Å². The van der Waals surface area contributed by atoms with Crippen LogP contribution in [0, 0.1) is 50.2 Å². The van der Waals surface area contributed by atoms with Crippen molar-refractivity contribution in [1.82, 2.24) is 20.4 Å². The first kappa shape index (κ1) is 33.3. The fourth-order valence-corrected chi connectivity index (χ4v) is 11.0. The molecule has 0 unspecified atom stereocenters. The van der Waals surface area contributed by atoms with E-state index in [1.165, 1.54) is 4.68 Å². The molecule has 3 saturated carbocycles. The van der Waals surface area contributed by atoms with E-state index >= 15 is 0 Å². The molecule has 1 aromatic heterocycles. The molecule has 0 saturated heterocycles. The van der Waals surface area contributed by atoms with Gasteiger partial charge in [-0.2, -0.15) is 10.4 Å². The zero-order chi connectivity index (χ0) is 34.6. The summed E-state index contributed by atoms with van der Waals surface area (Å²) in [6.45, 7) is 14.1. The van der Waals surface area contributed by atoms with Gasteiger partial charge in [-0.25, -0.2) is 0 Å². The summed E-state index contributed by atoms with van der Waals surface area (Å²) in [5.41, 5.74) is -4.23. The van der Waals surface area contributed by atoms with E-state index in [0.29, 0.717) is 25.7 Å². The van der Waals surface area contributed by atoms with Gasteiger partial charge in [0.05, 0.1) is 12.1 Å². The van der Waals surface area contributed by atoms with Crippen molar-refractivity contribution in [2.24, 2.45) is 46.0 Å². The number of aromatic nitrogens is 2. The van der Waals surface area contributed by atoms with Crippen LogP contribution in [-0.2, 0) is 21.4 Å². The fourth-order valence-electron chi connectivity index (χ4n) is 11.0. The van der Waals surface area contributed by atoms with Gasteiger partial charge in [-0.05, 0) is 86.3 Å². The van der Waals surface area contributed by atoms with E-state index in [0.717, 1.165) is 24.8 Å². The van der Waals surface area contributed by atoms with E-state index in [-0.39, 0.29) is 46.6 Å². The van der Waals surface area contributed by atoms with Crippen molar-refractivity contribution in [3.05, 3.63) is 41.3 Å². The quantitative estimate of drug-likeness (QED) is 0.441. The summed E-state index contributed by atoms with van der Waals surface area (Å²) in [6.07, 6.45) is 9.92. The Bertz CT molecular complexity index is 1700. The van der Waals surface area contributed by atoms with Crippen molar-refractivity contribution >= 4 is 23.4 Å². The van der Waals surface area contributed by atoms with Crippen LogP contribution in [-0.4, -0.2) is 56.0 Å². The predicted octanol–water partition coefficient (Wildman–Crippen LogP) is 4.35. The average molecular weight is 644 g/mol. The Morgan fingerprint density at radius 1 is 1.04 bits per heavy atom. The summed E-state index contributed by atoms with van der Waals surface area (Å²) < 4.78 is 1.52. The number of amides is 2. The van der Waals surface area contributed by atoms with Gasteiger partial charge in [-0.15, -0.1) is 0 Å². The number of nitrogens with one attached hydrogen (secondary N) is 2. The van der Waals surface area contributed by atoms with Gasteiger partial charge < -0.3 is 15.7 Å². The number of allylic oxidation sites excluding steroid dienone is 3. The Hall–Kier alpha value is -3.58. The van der Waals surface area contributed by atoms with Gasteiger partial charge in [0, 0.05) is 40.9 Å². The highest BCUT2D eigenvalue weighted by Gasteiger charge is 2.75. The molecule has 3 N–H and O–H groups in total. The largest absolute Gasteiger partial charge is 0.381 e. The molecule has 0 spiro atoms. The lowest BCUT2D eigenvalue weighted by atomic mass is 9.33. The molecule has 1 aromatic rings. The number of aryl methyl sites for hydroxylation is 1. The van der Waals surface area contributed by atoms with Crippen LogP contribution in [0.25, 0.3) is 0 Å². The maximum atomic E-state index is 14.7. The number of Topliss-reactive ketones (excluding diaryl/α,β-unsaturated/α-hetero) is 1. The minimum Gasteiger partial charge on any atom is -0.381 e. The molecule has 10 nitrogen and oxygen atoms in total. The molecule has 1 heterocycles. The van der Waals surface area contributed by atoms with Crippen molar-refractivity contribution in [2.45, 2.75) is 105 Å². The normalized spacial score (nSPS) is 42.0. The van der Waals surface area contributed by atoms with Crippen molar-refractivity contribution in [3.63, 3.8) is 0 Å². The number of aliphatic hydroxyl groups is 1. The minimum atomic E-state index is -1.68. The van der Waals surface area contributed by atoms with Crippen LogP contribution in [0.2, 0.25) is 0 Å². The van der Waals surface area contributed by atoms with E-state index in [4.69, 9.17) is 0 Å². The second-order valence-electron chi connectivity index (χ2n) is 17.0. The summed E-state index contributed by atoms with van der Waals surface area (Å²) in [5.74, 6) is -1.74. The summed E-state index contributed by atoms with van der Waals surface area (Å²) in [5, 5.41) is 32.9. The molecular formula is C37H49N5O5. The van der Waals surface area contributed by atoms with E-state index in [1.54, 1.807) is 25.4 Å². The maximum Gasteiger partial charge on any atom is 0.272 e. The van der Waals surface area contributed by atoms with Crippen LogP contribution in [0.1, 0.15) is 104 Å². The zero-order valence-electron chi connectivity index (χ0n) is 29.0. The molecule has 10 heteroatoms. The number of hydrogen-bond acceptors (Lipinski definition) is 7.